The summed E-state index contributed by atoms with van der Waals surface area (Å²) in [5, 5.41) is 2.77. The van der Waals surface area contributed by atoms with Crippen LogP contribution in [-0.4, -0.2) is 29.7 Å². The molecule has 0 aliphatic heterocycles. The molecule has 1 amide bonds. The first-order valence-corrected chi connectivity index (χ1v) is 8.02. The van der Waals surface area contributed by atoms with Gasteiger partial charge in [0.2, 0.25) is 11.8 Å². The molecule has 2 aliphatic carbocycles. The van der Waals surface area contributed by atoms with Crippen molar-refractivity contribution in [2.24, 2.45) is 23.5 Å². The maximum Gasteiger partial charge on any atom is 0.422 e. The van der Waals surface area contributed by atoms with Gasteiger partial charge < -0.3 is 15.8 Å². The second kappa shape index (κ2) is 6.58. The lowest BCUT2D eigenvalue weighted by Crippen LogP contribution is -2.45. The van der Waals surface area contributed by atoms with Gasteiger partial charge in [-0.15, -0.1) is 0 Å². The molecule has 1 heterocycles. The first kappa shape index (κ1) is 17.0. The molecule has 24 heavy (non-hydrogen) atoms. The summed E-state index contributed by atoms with van der Waals surface area (Å²) in [4.78, 5) is 16.2. The Bertz CT molecular complexity index is 606. The Hall–Kier alpha value is -1.83. The number of hydrogen-bond acceptors (Lipinski definition) is 4. The molecule has 4 atom stereocenters. The lowest BCUT2D eigenvalue weighted by Gasteiger charge is -2.27. The fourth-order valence-electron chi connectivity index (χ4n) is 3.86. The van der Waals surface area contributed by atoms with Crippen LogP contribution in [0.1, 0.15) is 24.8 Å². The molecule has 0 radical (unpaired) electrons. The quantitative estimate of drug-likeness (QED) is 0.857. The SMILES string of the molecule is NC1C2CCC(C2)C1C(=O)NCc1cccnc1OCC(F)(F)F. The number of amides is 1. The van der Waals surface area contributed by atoms with Gasteiger partial charge in [0.25, 0.3) is 0 Å². The number of carbonyl (C=O) groups excluding carboxylic acids is 1. The van der Waals surface area contributed by atoms with Crippen LogP contribution in [-0.2, 0) is 11.3 Å². The fourth-order valence-corrected chi connectivity index (χ4v) is 3.86. The van der Waals surface area contributed by atoms with Crippen LogP contribution in [0.25, 0.3) is 0 Å². The van der Waals surface area contributed by atoms with E-state index in [0.29, 0.717) is 17.4 Å². The molecule has 2 aliphatic rings. The zero-order chi connectivity index (χ0) is 17.3. The third-order valence-electron chi connectivity index (χ3n) is 4.96. The number of pyridine rings is 1. The van der Waals surface area contributed by atoms with Crippen LogP contribution < -0.4 is 15.8 Å². The van der Waals surface area contributed by atoms with Crippen molar-refractivity contribution in [3.63, 3.8) is 0 Å². The molecule has 3 rings (SSSR count). The summed E-state index contributed by atoms with van der Waals surface area (Å²) in [5.41, 5.74) is 6.55. The van der Waals surface area contributed by atoms with E-state index in [9.17, 15) is 18.0 Å². The highest BCUT2D eigenvalue weighted by Crippen LogP contribution is 2.47. The second-order valence-corrected chi connectivity index (χ2v) is 6.53. The number of alkyl halides is 3. The highest BCUT2D eigenvalue weighted by molar-refractivity contribution is 5.80. The van der Waals surface area contributed by atoms with E-state index in [0.717, 1.165) is 19.3 Å². The van der Waals surface area contributed by atoms with E-state index < -0.39 is 12.8 Å². The van der Waals surface area contributed by atoms with Gasteiger partial charge in [-0.1, -0.05) is 6.07 Å². The molecular weight excluding hydrogens is 323 g/mol. The number of nitrogens with two attached hydrogens (primary N) is 1. The summed E-state index contributed by atoms with van der Waals surface area (Å²) in [6.07, 6.45) is -0.000204. The van der Waals surface area contributed by atoms with Gasteiger partial charge in [0.1, 0.15) is 0 Å². The summed E-state index contributed by atoms with van der Waals surface area (Å²) >= 11 is 0. The standard InChI is InChI=1S/C16H20F3N3O2/c17-16(18,19)8-24-15-11(2-1-5-21-15)7-22-14(23)12-9-3-4-10(6-9)13(12)20/h1-2,5,9-10,12-13H,3-4,6-8,20H2,(H,22,23). The Balaban J connectivity index is 1.59. The van der Waals surface area contributed by atoms with Gasteiger partial charge >= 0.3 is 6.18 Å². The highest BCUT2D eigenvalue weighted by Gasteiger charge is 2.48. The number of fused-ring (bicyclic) bond motifs is 2. The van der Waals surface area contributed by atoms with E-state index in [4.69, 9.17) is 10.5 Å². The second-order valence-electron chi connectivity index (χ2n) is 6.53. The summed E-state index contributed by atoms with van der Waals surface area (Å²) in [6.45, 7) is -1.34. The number of nitrogens with zero attached hydrogens (tertiary/aromatic N) is 1. The Kier molecular flexibility index (Phi) is 4.67. The first-order valence-electron chi connectivity index (χ1n) is 8.02. The number of rotatable bonds is 5. The van der Waals surface area contributed by atoms with E-state index in [1.165, 1.54) is 6.20 Å². The topological polar surface area (TPSA) is 77.2 Å². The number of hydrogen-bond donors (Lipinski definition) is 2. The smallest absolute Gasteiger partial charge is 0.422 e. The molecule has 132 valence electrons. The molecule has 5 nitrogen and oxygen atoms in total. The third-order valence-corrected chi connectivity index (χ3v) is 4.96. The van der Waals surface area contributed by atoms with E-state index in [1.54, 1.807) is 12.1 Å². The van der Waals surface area contributed by atoms with Crippen molar-refractivity contribution >= 4 is 5.91 Å². The van der Waals surface area contributed by atoms with E-state index >= 15 is 0 Å². The van der Waals surface area contributed by atoms with Gasteiger partial charge in [0.15, 0.2) is 6.61 Å². The Morgan fingerprint density at radius 1 is 1.38 bits per heavy atom. The number of nitrogens with one attached hydrogen (secondary N) is 1. The van der Waals surface area contributed by atoms with Gasteiger partial charge in [-0.2, -0.15) is 13.2 Å². The van der Waals surface area contributed by atoms with Crippen LogP contribution >= 0.6 is 0 Å². The molecule has 8 heteroatoms. The van der Waals surface area contributed by atoms with Crippen LogP contribution in [0.15, 0.2) is 18.3 Å². The molecule has 3 N–H and O–H groups in total. The molecule has 2 fully saturated rings. The normalized spacial score (nSPS) is 28.8. The van der Waals surface area contributed by atoms with Crippen molar-refractivity contribution in [1.29, 1.82) is 0 Å². The molecular formula is C16H20F3N3O2. The minimum atomic E-state index is -4.44. The van der Waals surface area contributed by atoms with Gasteiger partial charge in [0.05, 0.1) is 5.92 Å². The summed E-state index contributed by atoms with van der Waals surface area (Å²) in [6, 6.07) is 3.05. The fraction of sp³-hybridized carbons (Fsp3) is 0.625. The van der Waals surface area contributed by atoms with E-state index in [2.05, 4.69) is 10.3 Å². The zero-order valence-corrected chi connectivity index (χ0v) is 13.1. The minimum Gasteiger partial charge on any atom is -0.468 e. The highest BCUT2D eigenvalue weighted by atomic mass is 19.4. The molecule has 4 unspecified atom stereocenters. The van der Waals surface area contributed by atoms with Crippen LogP contribution in [0.3, 0.4) is 0 Å². The van der Waals surface area contributed by atoms with Crippen LogP contribution in [0.4, 0.5) is 13.2 Å². The molecule has 1 aromatic heterocycles. The number of ether oxygens (including phenoxy) is 1. The van der Waals surface area contributed by atoms with E-state index in [-0.39, 0.29) is 30.3 Å². The van der Waals surface area contributed by atoms with Gasteiger partial charge in [0, 0.05) is 24.3 Å². The van der Waals surface area contributed by atoms with Crippen LogP contribution in [0.5, 0.6) is 5.88 Å². The molecule has 0 spiro atoms. The lowest BCUT2D eigenvalue weighted by atomic mass is 9.84. The average molecular weight is 343 g/mol. The van der Waals surface area contributed by atoms with Gasteiger partial charge in [-0.3, -0.25) is 4.79 Å². The molecule has 0 saturated heterocycles. The number of carbonyl (C=O) groups is 1. The largest absolute Gasteiger partial charge is 0.468 e. The summed E-state index contributed by atoms with van der Waals surface area (Å²) in [7, 11) is 0. The van der Waals surface area contributed by atoms with Crippen LogP contribution in [0.2, 0.25) is 0 Å². The number of aromatic nitrogens is 1. The van der Waals surface area contributed by atoms with Crippen molar-refractivity contribution in [3.8, 4) is 5.88 Å². The lowest BCUT2D eigenvalue weighted by molar-refractivity contribution is -0.154. The van der Waals surface area contributed by atoms with Crippen LogP contribution in [0, 0.1) is 17.8 Å². The predicted octanol–water partition coefficient (Wildman–Crippen LogP) is 2.01. The number of halogens is 3. The van der Waals surface area contributed by atoms with Gasteiger partial charge in [-0.05, 0) is 37.2 Å². The summed E-state index contributed by atoms with van der Waals surface area (Å²) in [5.74, 6) is 0.266. The van der Waals surface area contributed by atoms with Crippen molar-refractivity contribution in [2.45, 2.75) is 38.0 Å². The summed E-state index contributed by atoms with van der Waals surface area (Å²) < 4.78 is 41.6. The monoisotopic (exact) mass is 343 g/mol. The molecule has 2 saturated carbocycles. The molecule has 0 aromatic carbocycles. The van der Waals surface area contributed by atoms with Gasteiger partial charge in [-0.25, -0.2) is 4.98 Å². The van der Waals surface area contributed by atoms with Crippen molar-refractivity contribution in [3.05, 3.63) is 23.9 Å². The maximum atomic E-state index is 12.4. The molecule has 2 bridgehead atoms. The van der Waals surface area contributed by atoms with Crippen molar-refractivity contribution < 1.29 is 22.7 Å². The first-order chi connectivity index (χ1) is 11.3. The van der Waals surface area contributed by atoms with E-state index in [1.807, 2.05) is 0 Å². The maximum absolute atomic E-state index is 12.4. The Labute approximate surface area is 137 Å². The van der Waals surface area contributed by atoms with Crippen molar-refractivity contribution in [2.75, 3.05) is 6.61 Å². The average Bonchev–Trinajstić information content (AvgIpc) is 3.11. The Morgan fingerprint density at radius 2 is 2.12 bits per heavy atom. The minimum absolute atomic E-state index is 0.0699. The zero-order valence-electron chi connectivity index (χ0n) is 13.1. The van der Waals surface area contributed by atoms with Crippen molar-refractivity contribution in [1.82, 2.24) is 10.3 Å². The Morgan fingerprint density at radius 3 is 2.79 bits per heavy atom. The predicted molar refractivity (Wildman–Crippen MR) is 79.9 cm³/mol. The third kappa shape index (κ3) is 3.63. The molecule has 1 aromatic rings.